The number of nitro groups is 1. The van der Waals surface area contributed by atoms with E-state index in [0.29, 0.717) is 28.5 Å². The van der Waals surface area contributed by atoms with Crippen LogP contribution in [0.15, 0.2) is 40.3 Å². The maximum Gasteiger partial charge on any atom is 0.295 e. The van der Waals surface area contributed by atoms with Crippen molar-refractivity contribution in [2.75, 3.05) is 39.8 Å². The van der Waals surface area contributed by atoms with E-state index in [1.165, 1.54) is 37.8 Å². The van der Waals surface area contributed by atoms with Crippen molar-refractivity contribution in [1.82, 2.24) is 4.31 Å². The van der Waals surface area contributed by atoms with Crippen molar-refractivity contribution >= 4 is 27.1 Å². The van der Waals surface area contributed by atoms with E-state index in [1.54, 1.807) is 32.9 Å². The third-order valence-corrected chi connectivity index (χ3v) is 6.98. The molecule has 2 aromatic carbocycles. The van der Waals surface area contributed by atoms with Gasteiger partial charge in [-0.25, -0.2) is 8.42 Å². The van der Waals surface area contributed by atoms with Gasteiger partial charge in [0.05, 0.1) is 36.9 Å². The van der Waals surface area contributed by atoms with E-state index in [-0.39, 0.29) is 23.7 Å². The smallest absolute Gasteiger partial charge is 0.295 e. The summed E-state index contributed by atoms with van der Waals surface area (Å²) >= 11 is 0. The van der Waals surface area contributed by atoms with Gasteiger partial charge < -0.3 is 14.2 Å². The van der Waals surface area contributed by atoms with E-state index in [4.69, 9.17) is 14.2 Å². The van der Waals surface area contributed by atoms with Crippen LogP contribution in [0, 0.1) is 10.1 Å². The van der Waals surface area contributed by atoms with Crippen molar-refractivity contribution in [2.45, 2.75) is 25.7 Å². The van der Waals surface area contributed by atoms with Crippen molar-refractivity contribution in [1.29, 1.82) is 0 Å². The second-order valence-electron chi connectivity index (χ2n) is 6.75. The van der Waals surface area contributed by atoms with Crippen LogP contribution in [0.3, 0.4) is 0 Å². The number of methoxy groups -OCH3 is 3. The van der Waals surface area contributed by atoms with Crippen LogP contribution in [-0.2, 0) is 10.0 Å². The average molecular weight is 481 g/mol. The molecule has 0 fully saturated rings. The van der Waals surface area contributed by atoms with Gasteiger partial charge in [-0.2, -0.15) is 9.41 Å². The molecule has 2 aromatic rings. The first-order valence-corrected chi connectivity index (χ1v) is 11.5. The van der Waals surface area contributed by atoms with Gasteiger partial charge in [0.1, 0.15) is 5.69 Å². The minimum absolute atomic E-state index is 0.0466. The lowest BCUT2D eigenvalue weighted by Gasteiger charge is -2.18. The number of hydrazone groups is 1. The van der Waals surface area contributed by atoms with Crippen molar-refractivity contribution in [3.05, 3.63) is 46.0 Å². The predicted octanol–water partition coefficient (Wildman–Crippen LogP) is 3.49. The lowest BCUT2D eigenvalue weighted by Crippen LogP contribution is -2.30. The third kappa shape index (κ3) is 5.52. The standard InChI is InChI=1S/C21H28N4O7S/c1-7-24(8-2)33(28,29)16-9-10-17(18(13-16)25(26)27)23-22-14(3)15-11-19(30-4)21(32-6)20(12-15)31-5/h9-13,23H,7-8H2,1-6H3. The summed E-state index contributed by atoms with van der Waals surface area (Å²) in [6, 6.07) is 7.04. The number of hydrogen-bond donors (Lipinski definition) is 1. The van der Waals surface area contributed by atoms with E-state index >= 15 is 0 Å². The molecule has 0 heterocycles. The van der Waals surface area contributed by atoms with Gasteiger partial charge in [0.25, 0.3) is 5.69 Å². The molecule has 0 saturated heterocycles. The van der Waals surface area contributed by atoms with Crippen LogP contribution in [0.2, 0.25) is 0 Å². The van der Waals surface area contributed by atoms with Crippen LogP contribution in [0.5, 0.6) is 17.2 Å². The summed E-state index contributed by atoms with van der Waals surface area (Å²) in [6.45, 7) is 5.60. The average Bonchev–Trinajstić information content (AvgIpc) is 2.81. The van der Waals surface area contributed by atoms with E-state index < -0.39 is 20.6 Å². The summed E-state index contributed by atoms with van der Waals surface area (Å²) in [5.74, 6) is 1.28. The summed E-state index contributed by atoms with van der Waals surface area (Å²) < 4.78 is 42.7. The fourth-order valence-corrected chi connectivity index (χ4v) is 4.61. The zero-order valence-corrected chi connectivity index (χ0v) is 20.2. The van der Waals surface area contributed by atoms with E-state index in [1.807, 2.05) is 0 Å². The molecule has 0 aliphatic rings. The van der Waals surface area contributed by atoms with E-state index in [2.05, 4.69) is 10.5 Å². The molecule has 0 aliphatic heterocycles. The van der Waals surface area contributed by atoms with Crippen molar-refractivity contribution in [3.8, 4) is 17.2 Å². The highest BCUT2D eigenvalue weighted by molar-refractivity contribution is 7.89. The molecule has 0 amide bonds. The first-order chi connectivity index (χ1) is 15.6. The minimum atomic E-state index is -3.84. The van der Waals surface area contributed by atoms with Gasteiger partial charge in [0.15, 0.2) is 11.5 Å². The quantitative estimate of drug-likeness (QED) is 0.294. The van der Waals surface area contributed by atoms with Gasteiger partial charge in [0, 0.05) is 24.7 Å². The Balaban J connectivity index is 2.44. The molecule has 11 nitrogen and oxygen atoms in total. The number of hydrogen-bond acceptors (Lipinski definition) is 9. The number of rotatable bonds is 11. The minimum Gasteiger partial charge on any atom is -0.493 e. The van der Waals surface area contributed by atoms with Gasteiger partial charge in [-0.05, 0) is 31.2 Å². The Labute approximate surface area is 193 Å². The van der Waals surface area contributed by atoms with Crippen LogP contribution in [-0.4, -0.2) is 57.8 Å². The summed E-state index contributed by atoms with van der Waals surface area (Å²) in [5.41, 5.74) is 3.39. The predicted molar refractivity (Wildman–Crippen MR) is 125 cm³/mol. The molecule has 1 N–H and O–H groups in total. The Morgan fingerprint density at radius 2 is 1.64 bits per heavy atom. The highest BCUT2D eigenvalue weighted by Crippen LogP contribution is 2.38. The normalized spacial score (nSPS) is 11.9. The third-order valence-electron chi connectivity index (χ3n) is 4.94. The Morgan fingerprint density at radius 1 is 1.06 bits per heavy atom. The Kier molecular flexibility index (Phi) is 8.60. The second kappa shape index (κ2) is 11.0. The van der Waals surface area contributed by atoms with Gasteiger partial charge in [-0.3, -0.25) is 15.5 Å². The maximum absolute atomic E-state index is 12.7. The fraction of sp³-hybridized carbons (Fsp3) is 0.381. The number of benzene rings is 2. The number of nitro benzene ring substituents is 1. The van der Waals surface area contributed by atoms with Gasteiger partial charge in [-0.1, -0.05) is 13.8 Å². The zero-order valence-electron chi connectivity index (χ0n) is 19.4. The van der Waals surface area contributed by atoms with Crippen molar-refractivity contribution in [2.24, 2.45) is 5.10 Å². The van der Waals surface area contributed by atoms with Crippen LogP contribution in [0.1, 0.15) is 26.3 Å². The SMILES string of the molecule is CCN(CC)S(=O)(=O)c1ccc(NN=C(C)c2cc(OC)c(OC)c(OC)c2)c([N+](=O)[O-])c1. The molecule has 0 aliphatic carbocycles. The van der Waals surface area contributed by atoms with Crippen LogP contribution < -0.4 is 19.6 Å². The molecule has 2 rings (SSSR count). The zero-order chi connectivity index (χ0) is 24.8. The van der Waals surface area contributed by atoms with E-state index in [0.717, 1.165) is 6.07 Å². The lowest BCUT2D eigenvalue weighted by atomic mass is 10.1. The first kappa shape index (κ1) is 25.9. The topological polar surface area (TPSA) is 133 Å². The number of nitrogens with one attached hydrogen (secondary N) is 1. The van der Waals surface area contributed by atoms with Crippen molar-refractivity contribution < 1.29 is 27.6 Å². The molecule has 0 unspecified atom stereocenters. The number of ether oxygens (including phenoxy) is 3. The number of nitrogens with zero attached hydrogens (tertiary/aromatic N) is 3. The maximum atomic E-state index is 12.7. The molecule has 0 spiro atoms. The van der Waals surface area contributed by atoms with Crippen LogP contribution >= 0.6 is 0 Å². The molecular weight excluding hydrogens is 452 g/mol. The number of anilines is 1. The van der Waals surface area contributed by atoms with E-state index in [9.17, 15) is 18.5 Å². The van der Waals surface area contributed by atoms with Gasteiger partial charge >= 0.3 is 0 Å². The molecule has 0 bridgehead atoms. The molecular formula is C21H28N4O7S. The monoisotopic (exact) mass is 480 g/mol. The first-order valence-electron chi connectivity index (χ1n) is 10.0. The summed E-state index contributed by atoms with van der Waals surface area (Å²) in [5, 5.41) is 15.8. The highest BCUT2D eigenvalue weighted by atomic mass is 32.2. The molecule has 180 valence electrons. The fourth-order valence-electron chi connectivity index (χ4n) is 3.13. The summed E-state index contributed by atoms with van der Waals surface area (Å²) in [7, 11) is 0.625. The van der Waals surface area contributed by atoms with Crippen LogP contribution in [0.4, 0.5) is 11.4 Å². The molecule has 0 radical (unpaired) electrons. The Morgan fingerprint density at radius 3 is 2.09 bits per heavy atom. The molecule has 0 atom stereocenters. The van der Waals surface area contributed by atoms with Gasteiger partial charge in [0.2, 0.25) is 15.8 Å². The summed E-state index contributed by atoms with van der Waals surface area (Å²) in [6.07, 6.45) is 0. The molecule has 0 aromatic heterocycles. The Bertz CT molecular complexity index is 1120. The lowest BCUT2D eigenvalue weighted by molar-refractivity contribution is -0.384. The molecule has 0 saturated carbocycles. The second-order valence-corrected chi connectivity index (χ2v) is 8.69. The molecule has 33 heavy (non-hydrogen) atoms. The van der Waals surface area contributed by atoms with Crippen molar-refractivity contribution in [3.63, 3.8) is 0 Å². The Hall–Kier alpha value is -3.38. The van der Waals surface area contributed by atoms with Crippen LogP contribution in [0.25, 0.3) is 0 Å². The van der Waals surface area contributed by atoms with Gasteiger partial charge in [-0.15, -0.1) is 0 Å². The largest absolute Gasteiger partial charge is 0.493 e. The molecule has 12 heteroatoms. The number of sulfonamides is 1. The highest BCUT2D eigenvalue weighted by Gasteiger charge is 2.25. The summed E-state index contributed by atoms with van der Waals surface area (Å²) in [4.78, 5) is 10.8.